The van der Waals surface area contributed by atoms with Crippen molar-refractivity contribution >= 4 is 11.9 Å². The minimum absolute atomic E-state index is 0.165. The van der Waals surface area contributed by atoms with Crippen LogP contribution in [0.3, 0.4) is 0 Å². The molecule has 0 N–H and O–H groups in total. The van der Waals surface area contributed by atoms with Crippen LogP contribution in [0.25, 0.3) is 0 Å². The van der Waals surface area contributed by atoms with E-state index in [0.29, 0.717) is 38.0 Å². The molecule has 0 aliphatic carbocycles. The molecule has 0 heterocycles. The molecule has 0 amide bonds. The zero-order valence-corrected chi connectivity index (χ0v) is 10.1. The van der Waals surface area contributed by atoms with E-state index in [1.165, 1.54) is 0 Å². The smallest absolute Gasteiger partial charge is 0.333 e. The maximum atomic E-state index is 11.0. The topological polar surface area (TPSA) is 52.6 Å². The fourth-order valence-electron chi connectivity index (χ4n) is 0.954. The van der Waals surface area contributed by atoms with E-state index >= 15 is 0 Å². The molecular weight excluding hydrogens is 208 g/mol. The third kappa shape index (κ3) is 8.03. The first-order chi connectivity index (χ1) is 7.57. The van der Waals surface area contributed by atoms with Gasteiger partial charge in [0.1, 0.15) is 0 Å². The molecule has 16 heavy (non-hydrogen) atoms. The van der Waals surface area contributed by atoms with Crippen molar-refractivity contribution in [3.8, 4) is 0 Å². The zero-order chi connectivity index (χ0) is 12.4. The molecule has 0 aromatic heterocycles. The van der Waals surface area contributed by atoms with E-state index in [0.717, 1.165) is 6.42 Å². The van der Waals surface area contributed by atoms with Crippen LogP contribution in [-0.4, -0.2) is 25.2 Å². The summed E-state index contributed by atoms with van der Waals surface area (Å²) in [6.45, 7) is 7.74. The molecule has 4 heteroatoms. The lowest BCUT2D eigenvalue weighted by atomic mass is 10.3. The Morgan fingerprint density at radius 3 is 2.19 bits per heavy atom. The van der Waals surface area contributed by atoms with Crippen LogP contribution in [0.2, 0.25) is 0 Å². The van der Waals surface area contributed by atoms with Gasteiger partial charge in [0.2, 0.25) is 0 Å². The Labute approximate surface area is 96.6 Å². The monoisotopic (exact) mass is 228 g/mol. The van der Waals surface area contributed by atoms with Gasteiger partial charge in [-0.3, -0.25) is 4.79 Å². The third-order valence-corrected chi connectivity index (χ3v) is 1.84. The Morgan fingerprint density at radius 2 is 1.69 bits per heavy atom. The average Bonchev–Trinajstić information content (AvgIpc) is 2.23. The first kappa shape index (κ1) is 14.7. The lowest BCUT2D eigenvalue weighted by Crippen LogP contribution is -2.08. The van der Waals surface area contributed by atoms with Gasteiger partial charge in [-0.05, 0) is 26.2 Å². The van der Waals surface area contributed by atoms with Gasteiger partial charge < -0.3 is 9.47 Å². The van der Waals surface area contributed by atoms with Crippen molar-refractivity contribution in [3.63, 3.8) is 0 Å². The molecule has 92 valence electrons. The second-order valence-corrected chi connectivity index (χ2v) is 3.59. The molecule has 0 radical (unpaired) electrons. The Morgan fingerprint density at radius 1 is 1.12 bits per heavy atom. The van der Waals surface area contributed by atoms with E-state index in [1.54, 1.807) is 6.92 Å². The quantitative estimate of drug-likeness (QED) is 0.363. The van der Waals surface area contributed by atoms with Gasteiger partial charge in [0.25, 0.3) is 0 Å². The van der Waals surface area contributed by atoms with Crippen LogP contribution in [0.5, 0.6) is 0 Å². The first-order valence-electron chi connectivity index (χ1n) is 5.56. The molecule has 0 spiro atoms. The van der Waals surface area contributed by atoms with E-state index in [9.17, 15) is 9.59 Å². The van der Waals surface area contributed by atoms with Gasteiger partial charge in [0.05, 0.1) is 13.2 Å². The fourth-order valence-corrected chi connectivity index (χ4v) is 0.954. The minimum Gasteiger partial charge on any atom is -0.466 e. The van der Waals surface area contributed by atoms with Crippen molar-refractivity contribution in [2.24, 2.45) is 0 Å². The van der Waals surface area contributed by atoms with E-state index in [4.69, 9.17) is 9.47 Å². The Balaban J connectivity index is 3.31. The molecule has 0 atom stereocenters. The molecule has 4 nitrogen and oxygen atoms in total. The summed E-state index contributed by atoms with van der Waals surface area (Å²) >= 11 is 0. The highest BCUT2D eigenvalue weighted by atomic mass is 16.5. The van der Waals surface area contributed by atoms with Gasteiger partial charge >= 0.3 is 11.9 Å². The summed E-state index contributed by atoms with van der Waals surface area (Å²) in [5, 5.41) is 0. The SMILES string of the molecule is C=C(C)C(=O)OCCCCOC(=O)CCC. The lowest BCUT2D eigenvalue weighted by molar-refractivity contribution is -0.144. The molecule has 0 unspecified atom stereocenters. The van der Waals surface area contributed by atoms with Crippen molar-refractivity contribution in [1.82, 2.24) is 0 Å². The van der Waals surface area contributed by atoms with Crippen LogP contribution in [0.1, 0.15) is 39.5 Å². The summed E-state index contributed by atoms with van der Waals surface area (Å²) in [7, 11) is 0. The van der Waals surface area contributed by atoms with Crippen LogP contribution in [0, 0.1) is 0 Å². The van der Waals surface area contributed by atoms with Crippen LogP contribution in [0.4, 0.5) is 0 Å². The van der Waals surface area contributed by atoms with Gasteiger partial charge in [-0.1, -0.05) is 13.5 Å². The maximum absolute atomic E-state index is 11.0. The summed E-state index contributed by atoms with van der Waals surface area (Å²) < 4.78 is 9.82. The van der Waals surface area contributed by atoms with Crippen molar-refractivity contribution in [3.05, 3.63) is 12.2 Å². The molecule has 0 aliphatic rings. The van der Waals surface area contributed by atoms with Crippen molar-refractivity contribution < 1.29 is 19.1 Å². The fraction of sp³-hybridized carbons (Fsp3) is 0.667. The second-order valence-electron chi connectivity index (χ2n) is 3.59. The molecule has 0 saturated heterocycles. The number of ether oxygens (including phenoxy) is 2. The lowest BCUT2D eigenvalue weighted by Gasteiger charge is -2.05. The maximum Gasteiger partial charge on any atom is 0.333 e. The van der Waals surface area contributed by atoms with Crippen LogP contribution in [-0.2, 0) is 19.1 Å². The molecule has 0 aromatic carbocycles. The Hall–Kier alpha value is -1.32. The van der Waals surface area contributed by atoms with Gasteiger partial charge in [0, 0.05) is 12.0 Å². The molecule has 0 saturated carbocycles. The minimum atomic E-state index is -0.372. The largest absolute Gasteiger partial charge is 0.466 e. The summed E-state index contributed by atoms with van der Waals surface area (Å²) in [6, 6.07) is 0. The molecule has 0 fully saturated rings. The van der Waals surface area contributed by atoms with Crippen LogP contribution < -0.4 is 0 Å². The Bertz CT molecular complexity index is 245. The van der Waals surface area contributed by atoms with Crippen molar-refractivity contribution in [2.75, 3.05) is 13.2 Å². The van der Waals surface area contributed by atoms with Gasteiger partial charge in [-0.25, -0.2) is 4.79 Å². The molecule has 0 aromatic rings. The normalized spacial score (nSPS) is 9.62. The highest BCUT2D eigenvalue weighted by Gasteiger charge is 2.03. The number of carbonyl (C=O) groups excluding carboxylic acids is 2. The summed E-state index contributed by atoms with van der Waals surface area (Å²) in [6.07, 6.45) is 2.66. The number of unbranched alkanes of at least 4 members (excludes halogenated alkanes) is 1. The van der Waals surface area contributed by atoms with Crippen LogP contribution >= 0.6 is 0 Å². The standard InChI is InChI=1S/C12H20O4/c1-4-7-11(13)15-8-5-6-9-16-12(14)10(2)3/h2,4-9H2,1,3H3. The summed E-state index contributed by atoms with van der Waals surface area (Å²) in [5.41, 5.74) is 0.398. The molecule has 0 bridgehead atoms. The van der Waals surface area contributed by atoms with Crippen LogP contribution in [0.15, 0.2) is 12.2 Å². The summed E-state index contributed by atoms with van der Waals surface area (Å²) in [5.74, 6) is -0.538. The number of esters is 2. The van der Waals surface area contributed by atoms with E-state index in [2.05, 4.69) is 6.58 Å². The second kappa shape index (κ2) is 8.95. The van der Waals surface area contributed by atoms with Gasteiger partial charge in [0.15, 0.2) is 0 Å². The highest BCUT2D eigenvalue weighted by molar-refractivity contribution is 5.86. The predicted molar refractivity (Wildman–Crippen MR) is 60.9 cm³/mol. The number of hydrogen-bond acceptors (Lipinski definition) is 4. The highest BCUT2D eigenvalue weighted by Crippen LogP contribution is 1.98. The number of rotatable bonds is 8. The van der Waals surface area contributed by atoms with E-state index in [-0.39, 0.29) is 11.9 Å². The molecular formula is C12H20O4. The zero-order valence-electron chi connectivity index (χ0n) is 10.1. The third-order valence-electron chi connectivity index (χ3n) is 1.84. The molecule has 0 aliphatic heterocycles. The molecule has 0 rings (SSSR count). The number of carbonyl (C=O) groups is 2. The van der Waals surface area contributed by atoms with Crippen molar-refractivity contribution in [2.45, 2.75) is 39.5 Å². The predicted octanol–water partition coefficient (Wildman–Crippen LogP) is 2.23. The average molecular weight is 228 g/mol. The number of hydrogen-bond donors (Lipinski definition) is 0. The van der Waals surface area contributed by atoms with Gasteiger partial charge in [-0.2, -0.15) is 0 Å². The van der Waals surface area contributed by atoms with E-state index in [1.807, 2.05) is 6.92 Å². The Kier molecular flexibility index (Phi) is 8.21. The van der Waals surface area contributed by atoms with Gasteiger partial charge in [-0.15, -0.1) is 0 Å². The summed E-state index contributed by atoms with van der Waals surface area (Å²) in [4.78, 5) is 21.9. The van der Waals surface area contributed by atoms with E-state index < -0.39 is 0 Å². The van der Waals surface area contributed by atoms with Crippen molar-refractivity contribution in [1.29, 1.82) is 0 Å². The first-order valence-corrected chi connectivity index (χ1v) is 5.56.